The van der Waals surface area contributed by atoms with E-state index in [0.717, 1.165) is 28.6 Å². The Morgan fingerprint density at radius 2 is 1.15 bits per heavy atom. The van der Waals surface area contributed by atoms with Crippen LogP contribution in [0.3, 0.4) is 0 Å². The normalized spacial score (nSPS) is 14.7. The Bertz CT molecular complexity index is 2140. The molecule has 1 atom stereocenters. The lowest BCUT2D eigenvalue weighted by atomic mass is 9.98. The van der Waals surface area contributed by atoms with E-state index in [9.17, 15) is 0 Å². The SMILES string of the molecule is c1cc(-c2ccc3c(c2)Oc2cccc4c2P3c2ccccc2O4)cc(-c2cccc3c2sc2ccccc23)c1. The molecule has 2 nitrogen and oxygen atoms in total. The smallest absolute Gasteiger partial charge is 0.139 e. The van der Waals surface area contributed by atoms with Crippen LogP contribution in [0.15, 0.2) is 127 Å². The minimum absolute atomic E-state index is 0.754. The molecular formula is C36H21O2PS. The predicted molar refractivity (Wildman–Crippen MR) is 169 cm³/mol. The van der Waals surface area contributed by atoms with E-state index >= 15 is 0 Å². The van der Waals surface area contributed by atoms with Crippen LogP contribution < -0.4 is 25.4 Å². The summed E-state index contributed by atoms with van der Waals surface area (Å²) in [6.45, 7) is 0. The molecule has 0 saturated carbocycles. The van der Waals surface area contributed by atoms with Gasteiger partial charge in [0.25, 0.3) is 0 Å². The molecule has 7 aromatic rings. The summed E-state index contributed by atoms with van der Waals surface area (Å²) in [6, 6.07) is 45.5. The minimum atomic E-state index is -0.754. The quantitative estimate of drug-likeness (QED) is 0.200. The molecule has 4 heteroatoms. The van der Waals surface area contributed by atoms with E-state index in [1.54, 1.807) is 0 Å². The van der Waals surface area contributed by atoms with Crippen molar-refractivity contribution in [3.05, 3.63) is 127 Å². The van der Waals surface area contributed by atoms with E-state index < -0.39 is 7.92 Å². The molecule has 188 valence electrons. The van der Waals surface area contributed by atoms with Crippen LogP contribution in [0.1, 0.15) is 0 Å². The fourth-order valence-corrected chi connectivity index (χ4v) is 9.81. The van der Waals surface area contributed by atoms with E-state index in [1.807, 2.05) is 23.5 Å². The Kier molecular flexibility index (Phi) is 4.78. The Balaban J connectivity index is 1.17. The first-order valence-corrected chi connectivity index (χ1v) is 15.5. The van der Waals surface area contributed by atoms with Gasteiger partial charge in [0, 0.05) is 38.7 Å². The second-order valence-electron chi connectivity index (χ2n) is 10.2. The highest BCUT2D eigenvalue weighted by Crippen LogP contribution is 2.53. The van der Waals surface area contributed by atoms with Crippen molar-refractivity contribution in [2.75, 3.05) is 0 Å². The van der Waals surface area contributed by atoms with Crippen molar-refractivity contribution in [1.82, 2.24) is 0 Å². The number of fused-ring (bicyclic) bond motifs is 7. The summed E-state index contributed by atoms with van der Waals surface area (Å²) in [4.78, 5) is 0. The molecule has 9 rings (SSSR count). The van der Waals surface area contributed by atoms with Crippen LogP contribution in [-0.2, 0) is 0 Å². The zero-order valence-corrected chi connectivity index (χ0v) is 23.0. The van der Waals surface area contributed by atoms with Crippen LogP contribution in [0.2, 0.25) is 0 Å². The van der Waals surface area contributed by atoms with Gasteiger partial charge in [-0.05, 0) is 64.7 Å². The van der Waals surface area contributed by atoms with Crippen LogP contribution in [-0.4, -0.2) is 0 Å². The highest BCUT2D eigenvalue weighted by molar-refractivity contribution is 7.80. The molecule has 0 fully saturated rings. The second kappa shape index (κ2) is 8.53. The molecule has 0 spiro atoms. The van der Waals surface area contributed by atoms with Gasteiger partial charge < -0.3 is 9.47 Å². The van der Waals surface area contributed by atoms with E-state index in [2.05, 4.69) is 115 Å². The fourth-order valence-electron chi connectivity index (χ4n) is 6.02. The largest absolute Gasteiger partial charge is 0.456 e. The van der Waals surface area contributed by atoms with Crippen molar-refractivity contribution < 1.29 is 9.47 Å². The van der Waals surface area contributed by atoms with Crippen molar-refractivity contribution in [2.24, 2.45) is 0 Å². The van der Waals surface area contributed by atoms with Gasteiger partial charge in [-0.25, -0.2) is 0 Å². The zero-order chi connectivity index (χ0) is 26.2. The molecule has 40 heavy (non-hydrogen) atoms. The average Bonchev–Trinajstić information content (AvgIpc) is 3.40. The maximum absolute atomic E-state index is 6.55. The highest BCUT2D eigenvalue weighted by atomic mass is 32.1. The molecular weight excluding hydrogens is 527 g/mol. The van der Waals surface area contributed by atoms with Crippen LogP contribution in [0.5, 0.6) is 23.0 Å². The predicted octanol–water partition coefficient (Wildman–Crippen LogP) is 9.36. The van der Waals surface area contributed by atoms with Crippen molar-refractivity contribution in [2.45, 2.75) is 0 Å². The first kappa shape index (κ1) is 22.4. The molecule has 0 N–H and O–H groups in total. The maximum atomic E-state index is 6.55. The van der Waals surface area contributed by atoms with Gasteiger partial charge in [0.15, 0.2) is 0 Å². The lowest BCUT2D eigenvalue weighted by molar-refractivity contribution is 0.466. The molecule has 1 unspecified atom stereocenters. The maximum Gasteiger partial charge on any atom is 0.139 e. The lowest BCUT2D eigenvalue weighted by Crippen LogP contribution is -2.31. The summed E-state index contributed by atoms with van der Waals surface area (Å²) in [5.41, 5.74) is 4.84. The van der Waals surface area contributed by atoms with E-state index in [-0.39, 0.29) is 0 Å². The van der Waals surface area contributed by atoms with Crippen LogP contribution in [0.4, 0.5) is 0 Å². The van der Waals surface area contributed by atoms with Crippen LogP contribution >= 0.6 is 19.3 Å². The Labute approximate surface area is 236 Å². The first-order valence-electron chi connectivity index (χ1n) is 13.3. The Morgan fingerprint density at radius 1 is 0.475 bits per heavy atom. The van der Waals surface area contributed by atoms with Crippen molar-refractivity contribution >= 4 is 55.3 Å². The molecule has 0 saturated heterocycles. The van der Waals surface area contributed by atoms with E-state index in [1.165, 1.54) is 52.8 Å². The first-order chi connectivity index (χ1) is 19.8. The number of hydrogen-bond acceptors (Lipinski definition) is 3. The average molecular weight is 549 g/mol. The monoisotopic (exact) mass is 548 g/mol. The van der Waals surface area contributed by atoms with Gasteiger partial charge in [-0.1, -0.05) is 84.9 Å². The van der Waals surface area contributed by atoms with Gasteiger partial charge in [-0.15, -0.1) is 11.3 Å². The number of rotatable bonds is 2. The van der Waals surface area contributed by atoms with Gasteiger partial charge in [0.05, 0.1) is 5.30 Å². The molecule has 0 amide bonds. The third-order valence-corrected chi connectivity index (χ3v) is 11.7. The Morgan fingerprint density at radius 3 is 2.10 bits per heavy atom. The molecule has 0 aliphatic carbocycles. The van der Waals surface area contributed by atoms with Gasteiger partial charge in [-0.3, -0.25) is 0 Å². The van der Waals surface area contributed by atoms with Gasteiger partial charge in [-0.2, -0.15) is 0 Å². The Hall–Kier alpha value is -4.43. The van der Waals surface area contributed by atoms with E-state index in [0.29, 0.717) is 0 Å². The lowest BCUT2D eigenvalue weighted by Gasteiger charge is -2.34. The number of thiophene rings is 1. The van der Waals surface area contributed by atoms with E-state index in [4.69, 9.17) is 9.47 Å². The summed E-state index contributed by atoms with van der Waals surface area (Å²) >= 11 is 1.87. The van der Waals surface area contributed by atoms with Crippen molar-refractivity contribution in [3.8, 4) is 45.3 Å². The molecule has 2 aliphatic rings. The topological polar surface area (TPSA) is 18.5 Å². The van der Waals surface area contributed by atoms with Crippen LogP contribution in [0.25, 0.3) is 42.4 Å². The third kappa shape index (κ3) is 3.26. The molecule has 3 heterocycles. The van der Waals surface area contributed by atoms with Gasteiger partial charge in [0.1, 0.15) is 23.0 Å². The number of para-hydroxylation sites is 1. The molecule has 2 aliphatic heterocycles. The molecule has 0 bridgehead atoms. The number of hydrogen-bond donors (Lipinski definition) is 0. The summed E-state index contributed by atoms with van der Waals surface area (Å²) in [5, 5.41) is 6.30. The minimum Gasteiger partial charge on any atom is -0.456 e. The summed E-state index contributed by atoms with van der Waals surface area (Å²) in [5.74, 6) is 3.67. The zero-order valence-electron chi connectivity index (χ0n) is 21.3. The molecule has 0 radical (unpaired) electrons. The number of benzene rings is 6. The number of ether oxygens (including phenoxy) is 2. The van der Waals surface area contributed by atoms with Crippen molar-refractivity contribution in [3.63, 3.8) is 0 Å². The van der Waals surface area contributed by atoms with Gasteiger partial charge in [0.2, 0.25) is 0 Å². The summed E-state index contributed by atoms with van der Waals surface area (Å²) < 4.78 is 15.5. The molecule has 1 aromatic heterocycles. The fraction of sp³-hybridized carbons (Fsp3) is 0. The third-order valence-electron chi connectivity index (χ3n) is 7.84. The summed E-state index contributed by atoms with van der Waals surface area (Å²) in [7, 11) is -0.754. The standard InChI is InChI=1S/C36H21O2PS/c1-4-17-34-26(10-1)27-12-6-11-25(36(27)40-34)24-9-5-8-22(20-24)23-18-19-33-31(21-23)38-30-15-7-14-29-35(30)39(33)32-16-3-2-13-28(32)37-29/h1-21H. The van der Waals surface area contributed by atoms with Crippen molar-refractivity contribution in [1.29, 1.82) is 0 Å². The summed E-state index contributed by atoms with van der Waals surface area (Å²) in [6.07, 6.45) is 0. The molecule has 6 aromatic carbocycles. The highest BCUT2D eigenvalue weighted by Gasteiger charge is 2.36. The second-order valence-corrected chi connectivity index (χ2v) is 13.3. The van der Waals surface area contributed by atoms with Crippen LogP contribution in [0, 0.1) is 0 Å². The van der Waals surface area contributed by atoms with Gasteiger partial charge >= 0.3 is 0 Å².